The maximum atomic E-state index is 13.9. The first-order chi connectivity index (χ1) is 14.6. The standard InChI is InChI=1S/C24H18FNO3S/c25-21-12-5-4-10-19(21)15-26-23(27)22(30-24(26)28)14-18-9-6-11-20(13-18)29-16-17-7-2-1-3-8-17/h1-14H,15-16H2/b22-14-. The van der Waals surface area contributed by atoms with Crippen LogP contribution >= 0.6 is 11.8 Å². The summed E-state index contributed by atoms with van der Waals surface area (Å²) in [6.45, 7) is 0.346. The van der Waals surface area contributed by atoms with Crippen molar-refractivity contribution in [3.05, 3.63) is 106 Å². The fourth-order valence-electron chi connectivity index (χ4n) is 3.02. The van der Waals surface area contributed by atoms with E-state index in [-0.39, 0.29) is 6.54 Å². The molecule has 0 bridgehead atoms. The zero-order valence-corrected chi connectivity index (χ0v) is 16.8. The summed E-state index contributed by atoms with van der Waals surface area (Å²) in [5.41, 5.74) is 2.10. The van der Waals surface area contributed by atoms with Gasteiger partial charge >= 0.3 is 0 Å². The van der Waals surface area contributed by atoms with Gasteiger partial charge in [-0.05, 0) is 47.2 Å². The Labute approximate surface area is 178 Å². The first kappa shape index (κ1) is 19.9. The molecule has 1 aliphatic rings. The Morgan fingerprint density at radius 2 is 1.70 bits per heavy atom. The van der Waals surface area contributed by atoms with Gasteiger partial charge in [-0.25, -0.2) is 4.39 Å². The van der Waals surface area contributed by atoms with E-state index < -0.39 is 17.0 Å². The van der Waals surface area contributed by atoms with Gasteiger partial charge in [-0.1, -0.05) is 60.7 Å². The minimum absolute atomic E-state index is 0.0884. The summed E-state index contributed by atoms with van der Waals surface area (Å²) in [5, 5.41) is -0.411. The van der Waals surface area contributed by atoms with Gasteiger partial charge in [0.2, 0.25) is 0 Å². The van der Waals surface area contributed by atoms with E-state index in [1.807, 2.05) is 54.6 Å². The van der Waals surface area contributed by atoms with E-state index in [1.165, 1.54) is 6.07 Å². The van der Waals surface area contributed by atoms with Gasteiger partial charge in [0.1, 0.15) is 18.2 Å². The summed E-state index contributed by atoms with van der Waals surface area (Å²) in [5.74, 6) is -0.203. The van der Waals surface area contributed by atoms with Gasteiger partial charge in [-0.3, -0.25) is 14.5 Å². The molecular weight excluding hydrogens is 401 g/mol. The van der Waals surface area contributed by atoms with Gasteiger partial charge < -0.3 is 4.74 Å². The average molecular weight is 419 g/mol. The van der Waals surface area contributed by atoms with Gasteiger partial charge in [0.25, 0.3) is 11.1 Å². The SMILES string of the molecule is O=C1S/C(=C\c2cccc(OCc3ccccc3)c2)C(=O)N1Cc1ccccc1F. The second kappa shape index (κ2) is 8.97. The molecular formula is C24H18FNO3S. The van der Waals surface area contributed by atoms with Crippen LogP contribution in [0.25, 0.3) is 6.08 Å². The molecule has 6 heteroatoms. The van der Waals surface area contributed by atoms with Crippen LogP contribution in [0.3, 0.4) is 0 Å². The van der Waals surface area contributed by atoms with Crippen LogP contribution in [-0.2, 0) is 17.9 Å². The maximum absolute atomic E-state index is 13.9. The van der Waals surface area contributed by atoms with Crippen molar-refractivity contribution in [1.82, 2.24) is 4.90 Å². The van der Waals surface area contributed by atoms with Gasteiger partial charge in [0, 0.05) is 5.56 Å². The minimum atomic E-state index is -0.441. The van der Waals surface area contributed by atoms with E-state index in [9.17, 15) is 14.0 Å². The quantitative estimate of drug-likeness (QED) is 0.485. The molecule has 3 aromatic carbocycles. The van der Waals surface area contributed by atoms with Crippen molar-refractivity contribution in [1.29, 1.82) is 0 Å². The van der Waals surface area contributed by atoms with Crippen LogP contribution in [-0.4, -0.2) is 16.0 Å². The summed E-state index contributed by atoms with van der Waals surface area (Å²) in [4.78, 5) is 26.4. The average Bonchev–Trinajstić information content (AvgIpc) is 3.02. The number of nitrogens with zero attached hydrogens (tertiary/aromatic N) is 1. The summed E-state index contributed by atoms with van der Waals surface area (Å²) < 4.78 is 19.7. The highest BCUT2D eigenvalue weighted by Gasteiger charge is 2.35. The number of halogens is 1. The molecule has 0 saturated carbocycles. The van der Waals surface area contributed by atoms with Crippen molar-refractivity contribution in [2.24, 2.45) is 0 Å². The monoisotopic (exact) mass is 419 g/mol. The summed E-state index contributed by atoms with van der Waals surface area (Å²) in [6, 6.07) is 23.2. The Bertz CT molecular complexity index is 1110. The lowest BCUT2D eigenvalue weighted by atomic mass is 10.2. The van der Waals surface area contributed by atoms with E-state index in [2.05, 4.69) is 0 Å². The summed E-state index contributed by atoms with van der Waals surface area (Å²) in [7, 11) is 0. The molecule has 0 spiro atoms. The third-order valence-corrected chi connectivity index (χ3v) is 5.47. The largest absolute Gasteiger partial charge is 0.489 e. The topological polar surface area (TPSA) is 46.6 Å². The molecule has 0 aromatic heterocycles. The molecule has 150 valence electrons. The number of carbonyl (C=O) groups excluding carboxylic acids is 2. The van der Waals surface area contributed by atoms with Crippen LogP contribution in [0.4, 0.5) is 9.18 Å². The molecule has 3 aromatic rings. The zero-order chi connectivity index (χ0) is 20.9. The van der Waals surface area contributed by atoms with Crippen molar-refractivity contribution in [2.45, 2.75) is 13.2 Å². The van der Waals surface area contributed by atoms with Crippen molar-refractivity contribution < 1.29 is 18.7 Å². The van der Waals surface area contributed by atoms with Crippen molar-refractivity contribution >= 4 is 29.0 Å². The Balaban J connectivity index is 1.47. The van der Waals surface area contributed by atoms with Crippen LogP contribution in [0, 0.1) is 5.82 Å². The first-order valence-electron chi connectivity index (χ1n) is 9.36. The molecule has 0 aliphatic carbocycles. The van der Waals surface area contributed by atoms with E-state index in [0.29, 0.717) is 22.8 Å². The first-order valence-corrected chi connectivity index (χ1v) is 10.2. The molecule has 0 N–H and O–H groups in total. The molecule has 1 aliphatic heterocycles. The van der Waals surface area contributed by atoms with E-state index in [4.69, 9.17) is 4.74 Å². The highest BCUT2D eigenvalue weighted by atomic mass is 32.2. The number of imide groups is 1. The number of hydrogen-bond acceptors (Lipinski definition) is 4. The number of thioether (sulfide) groups is 1. The number of rotatable bonds is 6. The maximum Gasteiger partial charge on any atom is 0.293 e. The Hall–Kier alpha value is -3.38. The number of amides is 2. The van der Waals surface area contributed by atoms with E-state index in [1.54, 1.807) is 24.3 Å². The van der Waals surface area contributed by atoms with Gasteiger partial charge in [0.05, 0.1) is 11.4 Å². The Kier molecular flexibility index (Phi) is 5.95. The molecule has 4 rings (SSSR count). The second-order valence-electron chi connectivity index (χ2n) is 6.71. The lowest BCUT2D eigenvalue weighted by Gasteiger charge is -2.12. The van der Waals surface area contributed by atoms with Crippen LogP contribution in [0.5, 0.6) is 5.75 Å². The smallest absolute Gasteiger partial charge is 0.293 e. The molecule has 0 unspecified atom stereocenters. The van der Waals surface area contributed by atoms with E-state index in [0.717, 1.165) is 27.8 Å². The number of ether oxygens (including phenoxy) is 1. The number of hydrogen-bond donors (Lipinski definition) is 0. The third kappa shape index (κ3) is 4.60. The fourth-order valence-corrected chi connectivity index (χ4v) is 3.86. The Morgan fingerprint density at radius 1 is 0.933 bits per heavy atom. The molecule has 1 saturated heterocycles. The van der Waals surface area contributed by atoms with Crippen molar-refractivity contribution in [2.75, 3.05) is 0 Å². The lowest BCUT2D eigenvalue weighted by Crippen LogP contribution is -2.27. The summed E-state index contributed by atoms with van der Waals surface area (Å²) in [6.07, 6.45) is 1.65. The summed E-state index contributed by atoms with van der Waals surface area (Å²) >= 11 is 0.853. The van der Waals surface area contributed by atoms with E-state index >= 15 is 0 Å². The zero-order valence-electron chi connectivity index (χ0n) is 16.0. The highest BCUT2D eigenvalue weighted by molar-refractivity contribution is 8.18. The molecule has 0 atom stereocenters. The third-order valence-electron chi connectivity index (χ3n) is 4.56. The lowest BCUT2D eigenvalue weighted by molar-refractivity contribution is -0.123. The van der Waals surface area contributed by atoms with Crippen molar-refractivity contribution in [3.63, 3.8) is 0 Å². The normalized spacial score (nSPS) is 15.1. The molecule has 4 nitrogen and oxygen atoms in total. The van der Waals surface area contributed by atoms with Crippen LogP contribution in [0.1, 0.15) is 16.7 Å². The van der Waals surface area contributed by atoms with Crippen LogP contribution in [0.2, 0.25) is 0 Å². The fraction of sp³-hybridized carbons (Fsp3) is 0.0833. The number of carbonyl (C=O) groups is 2. The molecule has 30 heavy (non-hydrogen) atoms. The molecule has 0 radical (unpaired) electrons. The predicted molar refractivity (Wildman–Crippen MR) is 115 cm³/mol. The predicted octanol–water partition coefficient (Wildman–Crippen LogP) is 5.64. The van der Waals surface area contributed by atoms with Crippen molar-refractivity contribution in [3.8, 4) is 5.75 Å². The highest BCUT2D eigenvalue weighted by Crippen LogP contribution is 2.34. The van der Waals surface area contributed by atoms with Gasteiger partial charge in [-0.15, -0.1) is 0 Å². The second-order valence-corrected chi connectivity index (χ2v) is 7.70. The minimum Gasteiger partial charge on any atom is -0.489 e. The van der Waals surface area contributed by atoms with Gasteiger partial charge in [0.15, 0.2) is 0 Å². The number of benzene rings is 3. The Morgan fingerprint density at radius 3 is 2.50 bits per heavy atom. The van der Waals surface area contributed by atoms with Gasteiger partial charge in [-0.2, -0.15) is 0 Å². The van der Waals surface area contributed by atoms with Crippen LogP contribution < -0.4 is 4.74 Å². The van der Waals surface area contributed by atoms with Crippen LogP contribution in [0.15, 0.2) is 83.8 Å². The molecule has 1 heterocycles. The molecule has 1 fully saturated rings. The molecule has 2 amide bonds.